The molecule has 0 aliphatic carbocycles. The first-order chi connectivity index (χ1) is 7.27. The molecule has 0 saturated carbocycles. The van der Waals surface area contributed by atoms with Crippen LogP contribution in [-0.2, 0) is 0 Å². The second kappa shape index (κ2) is 6.02. The Kier molecular flexibility index (Phi) is 4.62. The number of hydrogen-bond acceptors (Lipinski definition) is 3. The number of nitriles is 1. The van der Waals surface area contributed by atoms with Crippen LogP contribution < -0.4 is 5.32 Å². The number of anilines is 1. The van der Waals surface area contributed by atoms with E-state index in [9.17, 15) is 0 Å². The molecule has 0 fully saturated rings. The van der Waals surface area contributed by atoms with Crippen molar-refractivity contribution in [3.05, 3.63) is 23.9 Å². The maximum atomic E-state index is 8.84. The second-order valence-electron chi connectivity index (χ2n) is 3.74. The molecule has 0 aromatic carbocycles. The van der Waals surface area contributed by atoms with E-state index < -0.39 is 0 Å². The van der Waals surface area contributed by atoms with Crippen LogP contribution in [0.25, 0.3) is 0 Å². The standard InChI is InChI=1S/C12H17N3/c1-3-10(2)6-8-15-12-11(9-13)5-4-7-14-12/h4-5,7,10H,3,6,8H2,1-2H3,(H,14,15). The summed E-state index contributed by atoms with van der Waals surface area (Å²) in [4.78, 5) is 4.14. The van der Waals surface area contributed by atoms with E-state index >= 15 is 0 Å². The van der Waals surface area contributed by atoms with Crippen LogP contribution in [0.5, 0.6) is 0 Å². The van der Waals surface area contributed by atoms with Crippen LogP contribution in [0.1, 0.15) is 32.3 Å². The van der Waals surface area contributed by atoms with Gasteiger partial charge in [-0.3, -0.25) is 0 Å². The van der Waals surface area contributed by atoms with Gasteiger partial charge in [-0.05, 0) is 24.5 Å². The molecule has 3 nitrogen and oxygen atoms in total. The predicted molar refractivity (Wildman–Crippen MR) is 61.5 cm³/mol. The van der Waals surface area contributed by atoms with Gasteiger partial charge in [0.25, 0.3) is 0 Å². The summed E-state index contributed by atoms with van der Waals surface area (Å²) in [5, 5.41) is 12.0. The highest BCUT2D eigenvalue weighted by Crippen LogP contribution is 2.11. The van der Waals surface area contributed by atoms with Crippen LogP contribution in [0.3, 0.4) is 0 Å². The van der Waals surface area contributed by atoms with Gasteiger partial charge in [-0.25, -0.2) is 4.98 Å². The highest BCUT2D eigenvalue weighted by Gasteiger charge is 2.02. The number of pyridine rings is 1. The molecule has 1 unspecified atom stereocenters. The number of rotatable bonds is 5. The molecule has 15 heavy (non-hydrogen) atoms. The van der Waals surface area contributed by atoms with Crippen LogP contribution in [0, 0.1) is 17.2 Å². The number of hydrogen-bond donors (Lipinski definition) is 1. The van der Waals surface area contributed by atoms with Crippen molar-refractivity contribution in [2.75, 3.05) is 11.9 Å². The summed E-state index contributed by atoms with van der Waals surface area (Å²) in [6.07, 6.45) is 4.00. The Morgan fingerprint density at radius 3 is 3.07 bits per heavy atom. The first kappa shape index (κ1) is 11.5. The number of nitrogens with one attached hydrogen (secondary N) is 1. The van der Waals surface area contributed by atoms with Gasteiger partial charge in [-0.1, -0.05) is 20.3 Å². The van der Waals surface area contributed by atoms with Crippen molar-refractivity contribution in [1.29, 1.82) is 5.26 Å². The molecule has 0 amide bonds. The lowest BCUT2D eigenvalue weighted by atomic mass is 10.1. The lowest BCUT2D eigenvalue weighted by Gasteiger charge is -2.10. The largest absolute Gasteiger partial charge is 0.369 e. The highest BCUT2D eigenvalue weighted by molar-refractivity contribution is 5.50. The number of nitrogens with zero attached hydrogens (tertiary/aromatic N) is 2. The SMILES string of the molecule is CCC(C)CCNc1ncccc1C#N. The first-order valence-corrected chi connectivity index (χ1v) is 5.37. The average molecular weight is 203 g/mol. The van der Waals surface area contributed by atoms with Crippen LogP contribution in [-0.4, -0.2) is 11.5 Å². The van der Waals surface area contributed by atoms with E-state index in [1.54, 1.807) is 18.3 Å². The minimum Gasteiger partial charge on any atom is -0.369 e. The highest BCUT2D eigenvalue weighted by atomic mass is 15.0. The molecular formula is C12H17N3. The first-order valence-electron chi connectivity index (χ1n) is 5.37. The summed E-state index contributed by atoms with van der Waals surface area (Å²) in [6, 6.07) is 5.68. The predicted octanol–water partition coefficient (Wildman–Crippen LogP) is 2.80. The second-order valence-corrected chi connectivity index (χ2v) is 3.74. The zero-order chi connectivity index (χ0) is 11.1. The van der Waals surface area contributed by atoms with E-state index in [2.05, 4.69) is 30.2 Å². The van der Waals surface area contributed by atoms with Crippen LogP contribution in [0.15, 0.2) is 18.3 Å². The fraction of sp³-hybridized carbons (Fsp3) is 0.500. The van der Waals surface area contributed by atoms with Gasteiger partial charge >= 0.3 is 0 Å². The molecule has 0 spiro atoms. The molecule has 1 aromatic heterocycles. The quantitative estimate of drug-likeness (QED) is 0.800. The van der Waals surface area contributed by atoms with Gasteiger partial charge < -0.3 is 5.32 Å². The van der Waals surface area contributed by atoms with Gasteiger partial charge in [-0.15, -0.1) is 0 Å². The van der Waals surface area contributed by atoms with Crippen LogP contribution in [0.4, 0.5) is 5.82 Å². The topological polar surface area (TPSA) is 48.7 Å². The lowest BCUT2D eigenvalue weighted by molar-refractivity contribution is 0.531. The zero-order valence-corrected chi connectivity index (χ0v) is 9.33. The van der Waals surface area contributed by atoms with Gasteiger partial charge in [0.2, 0.25) is 0 Å². The average Bonchev–Trinajstić information content (AvgIpc) is 2.29. The van der Waals surface area contributed by atoms with Gasteiger partial charge in [0.1, 0.15) is 11.9 Å². The van der Waals surface area contributed by atoms with Gasteiger partial charge in [0, 0.05) is 12.7 Å². The molecule has 0 radical (unpaired) electrons. The van der Waals surface area contributed by atoms with Crippen molar-refractivity contribution < 1.29 is 0 Å². The molecule has 1 atom stereocenters. The Labute approximate surface area is 91.1 Å². The van der Waals surface area contributed by atoms with E-state index in [0.29, 0.717) is 17.3 Å². The molecule has 0 saturated heterocycles. The van der Waals surface area contributed by atoms with Gasteiger partial charge in [-0.2, -0.15) is 5.26 Å². The smallest absolute Gasteiger partial charge is 0.143 e. The summed E-state index contributed by atoms with van der Waals surface area (Å²) in [7, 11) is 0. The molecule has 0 aliphatic heterocycles. The fourth-order valence-corrected chi connectivity index (χ4v) is 1.28. The fourth-order valence-electron chi connectivity index (χ4n) is 1.28. The molecule has 1 heterocycles. The van der Waals surface area contributed by atoms with Crippen LogP contribution in [0.2, 0.25) is 0 Å². The maximum absolute atomic E-state index is 8.84. The van der Waals surface area contributed by atoms with E-state index in [1.165, 1.54) is 6.42 Å². The zero-order valence-electron chi connectivity index (χ0n) is 9.33. The third-order valence-electron chi connectivity index (χ3n) is 2.55. The Balaban J connectivity index is 2.47. The minimum absolute atomic E-state index is 0.613. The molecule has 0 aliphatic rings. The molecule has 1 N–H and O–H groups in total. The Hall–Kier alpha value is -1.56. The monoisotopic (exact) mass is 203 g/mol. The van der Waals surface area contributed by atoms with Crippen molar-refractivity contribution in [2.45, 2.75) is 26.7 Å². The molecule has 1 rings (SSSR count). The van der Waals surface area contributed by atoms with Crippen molar-refractivity contribution >= 4 is 5.82 Å². The van der Waals surface area contributed by atoms with E-state index in [4.69, 9.17) is 5.26 Å². The van der Waals surface area contributed by atoms with Crippen molar-refractivity contribution in [1.82, 2.24) is 4.98 Å². The third kappa shape index (κ3) is 3.59. The van der Waals surface area contributed by atoms with Gasteiger partial charge in [0.05, 0.1) is 5.56 Å². The van der Waals surface area contributed by atoms with E-state index in [1.807, 2.05) is 0 Å². The molecule has 3 heteroatoms. The van der Waals surface area contributed by atoms with Crippen LogP contribution >= 0.6 is 0 Å². The Bertz CT molecular complexity index is 341. The van der Waals surface area contributed by atoms with E-state index in [-0.39, 0.29) is 0 Å². The Morgan fingerprint density at radius 1 is 1.60 bits per heavy atom. The summed E-state index contributed by atoms with van der Waals surface area (Å²) in [5.41, 5.74) is 0.613. The summed E-state index contributed by atoms with van der Waals surface area (Å²) in [5.74, 6) is 1.41. The molecular weight excluding hydrogens is 186 g/mol. The minimum atomic E-state index is 0.613. The summed E-state index contributed by atoms with van der Waals surface area (Å²) in [6.45, 7) is 5.29. The molecule has 1 aromatic rings. The Morgan fingerprint density at radius 2 is 2.40 bits per heavy atom. The maximum Gasteiger partial charge on any atom is 0.143 e. The van der Waals surface area contributed by atoms with Crippen molar-refractivity contribution in [2.24, 2.45) is 5.92 Å². The third-order valence-corrected chi connectivity index (χ3v) is 2.55. The lowest BCUT2D eigenvalue weighted by Crippen LogP contribution is -2.08. The summed E-state index contributed by atoms with van der Waals surface area (Å²) < 4.78 is 0. The van der Waals surface area contributed by atoms with Gasteiger partial charge in [0.15, 0.2) is 0 Å². The summed E-state index contributed by atoms with van der Waals surface area (Å²) >= 11 is 0. The van der Waals surface area contributed by atoms with E-state index in [0.717, 1.165) is 13.0 Å². The normalized spacial score (nSPS) is 11.8. The molecule has 80 valence electrons. The van der Waals surface area contributed by atoms with Crippen molar-refractivity contribution in [3.8, 4) is 6.07 Å². The number of aromatic nitrogens is 1. The van der Waals surface area contributed by atoms with Crippen molar-refractivity contribution in [3.63, 3.8) is 0 Å². The molecule has 0 bridgehead atoms.